The van der Waals surface area contributed by atoms with E-state index in [1.807, 2.05) is 52.0 Å². The molecule has 1 heterocycles. The Bertz CT molecular complexity index is 361. The van der Waals surface area contributed by atoms with Crippen molar-refractivity contribution in [2.75, 3.05) is 0 Å². The van der Waals surface area contributed by atoms with Gasteiger partial charge in [-0.3, -0.25) is 0 Å². The predicted octanol–water partition coefficient (Wildman–Crippen LogP) is 5.05. The second kappa shape index (κ2) is 9.03. The zero-order valence-electron chi connectivity index (χ0n) is 12.2. The SMILES string of the molecule is CC.CC.CC(C)SC1OC(=O)c2ccccc21. The highest BCUT2D eigenvalue weighted by atomic mass is 32.2. The van der Waals surface area contributed by atoms with E-state index in [-0.39, 0.29) is 11.4 Å². The van der Waals surface area contributed by atoms with Crippen LogP contribution in [0.2, 0.25) is 0 Å². The summed E-state index contributed by atoms with van der Waals surface area (Å²) in [5.74, 6) is -0.196. The zero-order chi connectivity index (χ0) is 14.1. The molecule has 1 unspecified atom stereocenters. The number of rotatable bonds is 2. The number of benzene rings is 1. The minimum absolute atomic E-state index is 0.112. The first kappa shape index (κ1) is 17.0. The van der Waals surface area contributed by atoms with Crippen molar-refractivity contribution in [2.24, 2.45) is 0 Å². The van der Waals surface area contributed by atoms with Gasteiger partial charge >= 0.3 is 5.97 Å². The number of carbonyl (C=O) groups excluding carboxylic acids is 1. The van der Waals surface area contributed by atoms with Gasteiger partial charge in [-0.1, -0.05) is 59.7 Å². The summed E-state index contributed by atoms with van der Waals surface area (Å²) in [4.78, 5) is 11.4. The Morgan fingerprint density at radius 3 is 2.22 bits per heavy atom. The Morgan fingerprint density at radius 1 is 1.11 bits per heavy atom. The van der Waals surface area contributed by atoms with Crippen LogP contribution in [0.3, 0.4) is 0 Å². The maximum atomic E-state index is 11.4. The first-order chi connectivity index (χ1) is 8.68. The van der Waals surface area contributed by atoms with Gasteiger partial charge in [0.15, 0.2) is 5.44 Å². The van der Waals surface area contributed by atoms with Crippen LogP contribution in [-0.2, 0) is 4.74 Å². The molecule has 2 rings (SSSR count). The van der Waals surface area contributed by atoms with E-state index < -0.39 is 0 Å². The molecule has 2 nitrogen and oxygen atoms in total. The van der Waals surface area contributed by atoms with Gasteiger partial charge in [0.2, 0.25) is 0 Å². The van der Waals surface area contributed by atoms with Crippen molar-refractivity contribution in [3.8, 4) is 0 Å². The third-order valence-corrected chi connectivity index (χ3v) is 3.19. The van der Waals surface area contributed by atoms with Crippen LogP contribution < -0.4 is 0 Å². The Labute approximate surface area is 115 Å². The van der Waals surface area contributed by atoms with Gasteiger partial charge in [-0.25, -0.2) is 4.79 Å². The van der Waals surface area contributed by atoms with Crippen LogP contribution in [0.4, 0.5) is 0 Å². The van der Waals surface area contributed by atoms with E-state index >= 15 is 0 Å². The molecule has 102 valence electrons. The highest BCUT2D eigenvalue weighted by Gasteiger charge is 2.31. The number of thioether (sulfide) groups is 1. The third kappa shape index (κ3) is 4.37. The van der Waals surface area contributed by atoms with Crippen molar-refractivity contribution in [2.45, 2.75) is 52.2 Å². The molecule has 0 aliphatic carbocycles. The largest absolute Gasteiger partial charge is 0.443 e. The minimum Gasteiger partial charge on any atom is -0.443 e. The molecular weight excluding hydrogens is 244 g/mol. The molecule has 1 aliphatic rings. The Hall–Kier alpha value is -0.960. The molecule has 0 radical (unpaired) electrons. The number of hydrogen-bond acceptors (Lipinski definition) is 3. The molecule has 0 saturated heterocycles. The van der Waals surface area contributed by atoms with E-state index in [4.69, 9.17) is 4.74 Å². The Morgan fingerprint density at radius 2 is 1.67 bits per heavy atom. The second-order valence-corrected chi connectivity index (χ2v) is 5.15. The van der Waals surface area contributed by atoms with Gasteiger partial charge in [-0.05, 0) is 6.07 Å². The van der Waals surface area contributed by atoms with Crippen LogP contribution >= 0.6 is 11.8 Å². The van der Waals surface area contributed by atoms with Crippen molar-refractivity contribution in [1.82, 2.24) is 0 Å². The summed E-state index contributed by atoms with van der Waals surface area (Å²) in [6.45, 7) is 12.2. The monoisotopic (exact) mass is 268 g/mol. The summed E-state index contributed by atoms with van der Waals surface area (Å²) in [5, 5.41) is 0.457. The topological polar surface area (TPSA) is 26.3 Å². The van der Waals surface area contributed by atoms with Crippen molar-refractivity contribution in [1.29, 1.82) is 0 Å². The number of carbonyl (C=O) groups is 1. The van der Waals surface area contributed by atoms with Crippen molar-refractivity contribution >= 4 is 17.7 Å². The van der Waals surface area contributed by atoms with Crippen LogP contribution in [0.5, 0.6) is 0 Å². The standard InChI is InChI=1S/C11H12O2S.2C2H6/c1-7(2)14-11-9-6-4-3-5-8(9)10(12)13-11;2*1-2/h3-7,11H,1-2H3;2*1-2H3. The molecule has 0 spiro atoms. The smallest absolute Gasteiger partial charge is 0.340 e. The van der Waals surface area contributed by atoms with E-state index in [1.54, 1.807) is 11.8 Å². The van der Waals surface area contributed by atoms with Crippen LogP contribution in [-0.4, -0.2) is 11.2 Å². The summed E-state index contributed by atoms with van der Waals surface area (Å²) >= 11 is 1.67. The van der Waals surface area contributed by atoms with Gasteiger partial charge in [0, 0.05) is 10.8 Å². The third-order valence-electron chi connectivity index (χ3n) is 2.04. The molecule has 0 fully saturated rings. The van der Waals surface area contributed by atoms with Crippen molar-refractivity contribution in [3.05, 3.63) is 35.4 Å². The molecule has 0 amide bonds. The fraction of sp³-hybridized carbons (Fsp3) is 0.533. The maximum Gasteiger partial charge on any atom is 0.340 e. The van der Waals surface area contributed by atoms with Gasteiger partial charge < -0.3 is 4.74 Å². The summed E-state index contributed by atoms with van der Waals surface area (Å²) in [6, 6.07) is 7.58. The summed E-state index contributed by atoms with van der Waals surface area (Å²) < 4.78 is 5.27. The number of fused-ring (bicyclic) bond motifs is 1. The predicted molar refractivity (Wildman–Crippen MR) is 80.0 cm³/mol. The molecule has 0 saturated carbocycles. The fourth-order valence-electron chi connectivity index (χ4n) is 1.46. The number of esters is 1. The Kier molecular flexibility index (Phi) is 8.55. The van der Waals surface area contributed by atoms with Gasteiger partial charge in [-0.15, -0.1) is 11.8 Å². The van der Waals surface area contributed by atoms with Gasteiger partial charge in [0.1, 0.15) is 0 Å². The highest BCUT2D eigenvalue weighted by molar-refractivity contribution is 8.00. The molecule has 18 heavy (non-hydrogen) atoms. The number of cyclic esters (lactones) is 1. The molecule has 0 N–H and O–H groups in total. The van der Waals surface area contributed by atoms with Crippen molar-refractivity contribution < 1.29 is 9.53 Å². The van der Waals surface area contributed by atoms with Gasteiger partial charge in [0.05, 0.1) is 5.56 Å². The average molecular weight is 268 g/mol. The fourth-order valence-corrected chi connectivity index (χ4v) is 2.45. The molecule has 1 aliphatic heterocycles. The van der Waals surface area contributed by atoms with E-state index in [1.165, 1.54) is 0 Å². The molecule has 1 aromatic carbocycles. The molecule has 1 atom stereocenters. The number of ether oxygens (including phenoxy) is 1. The number of hydrogen-bond donors (Lipinski definition) is 0. The van der Waals surface area contributed by atoms with E-state index in [9.17, 15) is 4.79 Å². The molecule has 3 heteroatoms. The van der Waals surface area contributed by atoms with Crippen LogP contribution in [0.15, 0.2) is 24.3 Å². The van der Waals surface area contributed by atoms with Gasteiger partial charge in [-0.2, -0.15) is 0 Å². The Balaban J connectivity index is 0.000000659. The quantitative estimate of drug-likeness (QED) is 0.702. The summed E-state index contributed by atoms with van der Waals surface area (Å²) in [6.07, 6.45) is 0. The normalized spacial score (nSPS) is 15.9. The lowest BCUT2D eigenvalue weighted by atomic mass is 10.1. The second-order valence-electron chi connectivity index (χ2n) is 3.51. The van der Waals surface area contributed by atoms with E-state index in [0.29, 0.717) is 10.8 Å². The summed E-state index contributed by atoms with van der Waals surface area (Å²) in [7, 11) is 0. The molecular formula is C15H24O2S. The van der Waals surface area contributed by atoms with Crippen LogP contribution in [0.25, 0.3) is 0 Å². The minimum atomic E-state index is -0.196. The van der Waals surface area contributed by atoms with Gasteiger partial charge in [0.25, 0.3) is 0 Å². The lowest BCUT2D eigenvalue weighted by Crippen LogP contribution is -1.98. The first-order valence-electron chi connectivity index (χ1n) is 6.64. The first-order valence-corrected chi connectivity index (χ1v) is 7.58. The zero-order valence-corrected chi connectivity index (χ0v) is 13.0. The summed E-state index contributed by atoms with van der Waals surface area (Å²) in [5.41, 5.74) is 1.61. The molecule has 1 aromatic rings. The van der Waals surface area contributed by atoms with Crippen LogP contribution in [0, 0.1) is 0 Å². The molecule has 0 aromatic heterocycles. The molecule has 0 bridgehead atoms. The average Bonchev–Trinajstić information content (AvgIpc) is 2.71. The maximum absolute atomic E-state index is 11.4. The van der Waals surface area contributed by atoms with E-state index in [2.05, 4.69) is 13.8 Å². The van der Waals surface area contributed by atoms with E-state index in [0.717, 1.165) is 5.56 Å². The van der Waals surface area contributed by atoms with Crippen molar-refractivity contribution in [3.63, 3.8) is 0 Å². The highest BCUT2D eigenvalue weighted by Crippen LogP contribution is 2.40. The lowest BCUT2D eigenvalue weighted by molar-refractivity contribution is 0.0521. The lowest BCUT2D eigenvalue weighted by Gasteiger charge is -2.12. The van der Waals surface area contributed by atoms with Crippen LogP contribution in [0.1, 0.15) is 62.9 Å².